The van der Waals surface area contributed by atoms with Gasteiger partial charge in [0.15, 0.2) is 5.69 Å². The molecule has 1 saturated heterocycles. The molecule has 1 aromatic rings. The van der Waals surface area contributed by atoms with E-state index in [-0.39, 0.29) is 5.91 Å². The van der Waals surface area contributed by atoms with E-state index in [1.807, 2.05) is 11.8 Å². The first-order chi connectivity index (χ1) is 9.17. The number of aromatic amines is 1. The van der Waals surface area contributed by atoms with E-state index in [1.165, 1.54) is 12.8 Å². The van der Waals surface area contributed by atoms with Gasteiger partial charge in [0.05, 0.1) is 11.4 Å². The molecular formula is C14H24N4O. The standard InChI is InChI=1S/C14H24N4O/c1-3-5-10-6-8-18(9-7-10)14(19)13-12(15)11(4-2)16-17-13/h10H,3-9,15H2,1-2H3,(H,16,17). The number of carbonyl (C=O) groups excluding carboxylic acids is 1. The molecule has 106 valence electrons. The van der Waals surface area contributed by atoms with E-state index in [0.717, 1.165) is 44.0 Å². The summed E-state index contributed by atoms with van der Waals surface area (Å²) in [5.41, 5.74) is 7.72. The number of H-pyrrole nitrogens is 1. The van der Waals surface area contributed by atoms with Gasteiger partial charge in [-0.2, -0.15) is 5.10 Å². The van der Waals surface area contributed by atoms with Crippen LogP contribution in [0, 0.1) is 5.92 Å². The van der Waals surface area contributed by atoms with Crippen molar-refractivity contribution in [1.29, 1.82) is 0 Å². The maximum atomic E-state index is 12.4. The summed E-state index contributed by atoms with van der Waals surface area (Å²) in [6.07, 6.45) is 5.47. The summed E-state index contributed by atoms with van der Waals surface area (Å²) in [7, 11) is 0. The van der Waals surface area contributed by atoms with Gasteiger partial charge in [0.1, 0.15) is 0 Å². The summed E-state index contributed by atoms with van der Waals surface area (Å²) in [6, 6.07) is 0. The minimum Gasteiger partial charge on any atom is -0.395 e. The van der Waals surface area contributed by atoms with Crippen molar-refractivity contribution in [3.05, 3.63) is 11.4 Å². The molecule has 0 radical (unpaired) electrons. The van der Waals surface area contributed by atoms with E-state index in [4.69, 9.17) is 5.73 Å². The molecule has 0 aliphatic carbocycles. The molecule has 0 bridgehead atoms. The fraction of sp³-hybridized carbons (Fsp3) is 0.714. The van der Waals surface area contributed by atoms with Gasteiger partial charge in [0.2, 0.25) is 0 Å². The Balaban J connectivity index is 1.99. The zero-order valence-electron chi connectivity index (χ0n) is 11.9. The first kappa shape index (κ1) is 13.9. The summed E-state index contributed by atoms with van der Waals surface area (Å²) < 4.78 is 0. The Kier molecular flexibility index (Phi) is 4.45. The lowest BCUT2D eigenvalue weighted by molar-refractivity contribution is 0.0681. The highest BCUT2D eigenvalue weighted by Gasteiger charge is 2.26. The van der Waals surface area contributed by atoms with Crippen molar-refractivity contribution < 1.29 is 4.79 Å². The van der Waals surface area contributed by atoms with Crippen molar-refractivity contribution in [2.45, 2.75) is 46.0 Å². The second-order valence-electron chi connectivity index (χ2n) is 5.34. The predicted octanol–water partition coefficient (Wildman–Crippen LogP) is 2.21. The zero-order valence-corrected chi connectivity index (χ0v) is 11.9. The Hall–Kier alpha value is -1.52. The van der Waals surface area contributed by atoms with Crippen molar-refractivity contribution in [2.24, 2.45) is 5.92 Å². The van der Waals surface area contributed by atoms with Crippen molar-refractivity contribution in [3.8, 4) is 0 Å². The monoisotopic (exact) mass is 264 g/mol. The number of nitrogens with two attached hydrogens (primary N) is 1. The topological polar surface area (TPSA) is 75.0 Å². The van der Waals surface area contributed by atoms with Crippen LogP contribution in [0.1, 0.15) is 55.7 Å². The van der Waals surface area contributed by atoms with E-state index in [2.05, 4.69) is 17.1 Å². The maximum absolute atomic E-state index is 12.4. The third-order valence-corrected chi connectivity index (χ3v) is 4.04. The molecule has 2 rings (SSSR count). The Morgan fingerprint density at radius 2 is 2.11 bits per heavy atom. The first-order valence-corrected chi connectivity index (χ1v) is 7.29. The molecule has 0 aromatic carbocycles. The number of nitrogens with one attached hydrogen (secondary N) is 1. The molecule has 0 unspecified atom stereocenters. The molecule has 1 aliphatic heterocycles. The molecule has 1 aromatic heterocycles. The number of rotatable bonds is 4. The normalized spacial score (nSPS) is 16.8. The second kappa shape index (κ2) is 6.08. The lowest BCUT2D eigenvalue weighted by atomic mass is 9.92. The van der Waals surface area contributed by atoms with Gasteiger partial charge in [-0.25, -0.2) is 0 Å². The zero-order chi connectivity index (χ0) is 13.8. The lowest BCUT2D eigenvalue weighted by Gasteiger charge is -2.31. The predicted molar refractivity (Wildman–Crippen MR) is 75.9 cm³/mol. The minimum atomic E-state index is -0.0246. The van der Waals surface area contributed by atoms with Crippen LogP contribution in [0.5, 0.6) is 0 Å². The van der Waals surface area contributed by atoms with Crippen LogP contribution in [-0.2, 0) is 6.42 Å². The van der Waals surface area contributed by atoms with Crippen LogP contribution in [-0.4, -0.2) is 34.1 Å². The average Bonchev–Trinajstić information content (AvgIpc) is 2.80. The highest BCUT2D eigenvalue weighted by atomic mass is 16.2. The van der Waals surface area contributed by atoms with E-state index in [9.17, 15) is 4.79 Å². The Labute approximate surface area is 114 Å². The van der Waals surface area contributed by atoms with E-state index >= 15 is 0 Å². The van der Waals surface area contributed by atoms with Gasteiger partial charge >= 0.3 is 0 Å². The number of hydrogen-bond acceptors (Lipinski definition) is 3. The third kappa shape index (κ3) is 2.91. The Bertz CT molecular complexity index is 433. The summed E-state index contributed by atoms with van der Waals surface area (Å²) in [5.74, 6) is 0.750. The fourth-order valence-electron chi connectivity index (χ4n) is 2.80. The van der Waals surface area contributed by atoms with Gasteiger partial charge in [-0.05, 0) is 25.2 Å². The molecule has 0 spiro atoms. The number of piperidine rings is 1. The second-order valence-corrected chi connectivity index (χ2v) is 5.34. The molecule has 0 saturated carbocycles. The quantitative estimate of drug-likeness (QED) is 0.875. The average molecular weight is 264 g/mol. The largest absolute Gasteiger partial charge is 0.395 e. The summed E-state index contributed by atoms with van der Waals surface area (Å²) in [6.45, 7) is 5.87. The number of aryl methyl sites for hydroxylation is 1. The number of likely N-dealkylation sites (tertiary alicyclic amines) is 1. The van der Waals surface area contributed by atoms with Crippen molar-refractivity contribution in [2.75, 3.05) is 18.8 Å². The molecule has 1 fully saturated rings. The number of anilines is 1. The molecule has 5 nitrogen and oxygen atoms in total. The van der Waals surface area contributed by atoms with Gasteiger partial charge in [0.25, 0.3) is 5.91 Å². The van der Waals surface area contributed by atoms with Crippen LogP contribution >= 0.6 is 0 Å². The van der Waals surface area contributed by atoms with Crippen molar-refractivity contribution >= 4 is 11.6 Å². The molecule has 3 N–H and O–H groups in total. The van der Waals surface area contributed by atoms with Gasteiger partial charge in [0, 0.05) is 13.1 Å². The van der Waals surface area contributed by atoms with Crippen LogP contribution < -0.4 is 5.73 Å². The summed E-state index contributed by atoms with van der Waals surface area (Å²) in [5, 5.41) is 6.93. The molecular weight excluding hydrogens is 240 g/mol. The van der Waals surface area contributed by atoms with Crippen LogP contribution in [0.3, 0.4) is 0 Å². The van der Waals surface area contributed by atoms with Gasteiger partial charge < -0.3 is 10.6 Å². The SMILES string of the molecule is CCCC1CCN(C(=O)c2n[nH]c(CC)c2N)CC1. The van der Waals surface area contributed by atoms with Gasteiger partial charge in [-0.3, -0.25) is 9.89 Å². The highest BCUT2D eigenvalue weighted by Crippen LogP contribution is 2.24. The van der Waals surface area contributed by atoms with Crippen LogP contribution in [0.2, 0.25) is 0 Å². The van der Waals surface area contributed by atoms with Crippen LogP contribution in [0.4, 0.5) is 5.69 Å². The Morgan fingerprint density at radius 3 is 2.63 bits per heavy atom. The van der Waals surface area contributed by atoms with Crippen molar-refractivity contribution in [1.82, 2.24) is 15.1 Å². The summed E-state index contributed by atoms with van der Waals surface area (Å²) in [4.78, 5) is 14.3. The molecule has 19 heavy (non-hydrogen) atoms. The lowest BCUT2D eigenvalue weighted by Crippen LogP contribution is -2.38. The maximum Gasteiger partial charge on any atom is 0.276 e. The highest BCUT2D eigenvalue weighted by molar-refractivity contribution is 5.97. The fourth-order valence-corrected chi connectivity index (χ4v) is 2.80. The smallest absolute Gasteiger partial charge is 0.276 e. The first-order valence-electron chi connectivity index (χ1n) is 7.29. The van der Waals surface area contributed by atoms with Gasteiger partial charge in [-0.1, -0.05) is 26.7 Å². The Morgan fingerprint density at radius 1 is 1.42 bits per heavy atom. The molecule has 1 aliphatic rings. The number of nitrogen functional groups attached to an aromatic ring is 1. The van der Waals surface area contributed by atoms with Crippen LogP contribution in [0.25, 0.3) is 0 Å². The number of aromatic nitrogens is 2. The van der Waals surface area contributed by atoms with Crippen LogP contribution in [0.15, 0.2) is 0 Å². The molecule has 5 heteroatoms. The van der Waals surface area contributed by atoms with E-state index in [0.29, 0.717) is 11.4 Å². The van der Waals surface area contributed by atoms with E-state index < -0.39 is 0 Å². The number of hydrogen-bond donors (Lipinski definition) is 2. The van der Waals surface area contributed by atoms with Crippen molar-refractivity contribution in [3.63, 3.8) is 0 Å². The van der Waals surface area contributed by atoms with E-state index in [1.54, 1.807) is 0 Å². The number of carbonyl (C=O) groups is 1. The summed E-state index contributed by atoms with van der Waals surface area (Å²) >= 11 is 0. The number of nitrogens with zero attached hydrogens (tertiary/aromatic N) is 2. The molecule has 0 atom stereocenters. The molecule has 2 heterocycles. The minimum absolute atomic E-state index is 0.0246. The van der Waals surface area contributed by atoms with Gasteiger partial charge in [-0.15, -0.1) is 0 Å². The third-order valence-electron chi connectivity index (χ3n) is 4.04. The number of amides is 1. The molecule has 1 amide bonds.